The molecule has 3 N–H and O–H groups in total. The number of allylic oxidation sites excluding steroid dienone is 1. The van der Waals surface area contributed by atoms with Crippen LogP contribution in [-0.2, 0) is 11.8 Å². The van der Waals surface area contributed by atoms with Crippen molar-refractivity contribution in [3.05, 3.63) is 41.0 Å². The van der Waals surface area contributed by atoms with E-state index in [-0.39, 0.29) is 5.41 Å². The van der Waals surface area contributed by atoms with Gasteiger partial charge in [-0.25, -0.2) is 0 Å². The Balaban J connectivity index is 0.000000771. The Morgan fingerprint density at radius 1 is 1.33 bits per heavy atom. The van der Waals surface area contributed by atoms with Crippen LogP contribution in [-0.4, -0.2) is 20.1 Å². The Hall–Kier alpha value is -1.12. The highest BCUT2D eigenvalue weighted by molar-refractivity contribution is 5.61. The quantitative estimate of drug-likeness (QED) is 0.857. The van der Waals surface area contributed by atoms with E-state index in [4.69, 9.17) is 5.73 Å². The molecular formula is C16H26N2. The van der Waals surface area contributed by atoms with E-state index < -0.39 is 0 Å². The fourth-order valence-corrected chi connectivity index (χ4v) is 2.31. The SMILES string of the molecule is CC.CNCC(C)(CN)c1ccc2c(c1)C=CC2. The van der Waals surface area contributed by atoms with Crippen LogP contribution in [0.15, 0.2) is 24.3 Å². The molecule has 0 heterocycles. The number of hydrogen-bond donors (Lipinski definition) is 2. The average Bonchev–Trinajstić information content (AvgIpc) is 2.88. The Labute approximate surface area is 111 Å². The fourth-order valence-electron chi connectivity index (χ4n) is 2.31. The van der Waals surface area contributed by atoms with Gasteiger partial charge in [0.15, 0.2) is 0 Å². The number of rotatable bonds is 4. The highest BCUT2D eigenvalue weighted by Gasteiger charge is 2.24. The molecule has 1 unspecified atom stereocenters. The lowest BCUT2D eigenvalue weighted by Gasteiger charge is -2.29. The minimum Gasteiger partial charge on any atom is -0.330 e. The highest BCUT2D eigenvalue weighted by Crippen LogP contribution is 2.27. The Morgan fingerprint density at radius 3 is 2.67 bits per heavy atom. The van der Waals surface area contributed by atoms with Crippen LogP contribution >= 0.6 is 0 Å². The van der Waals surface area contributed by atoms with Crippen molar-refractivity contribution < 1.29 is 0 Å². The van der Waals surface area contributed by atoms with Gasteiger partial charge in [-0.3, -0.25) is 0 Å². The maximum atomic E-state index is 5.91. The van der Waals surface area contributed by atoms with Gasteiger partial charge in [-0.2, -0.15) is 0 Å². The van der Waals surface area contributed by atoms with Crippen LogP contribution < -0.4 is 11.1 Å². The van der Waals surface area contributed by atoms with Gasteiger partial charge in [-0.1, -0.05) is 51.1 Å². The van der Waals surface area contributed by atoms with Crippen molar-refractivity contribution >= 4 is 6.08 Å². The molecule has 0 saturated carbocycles. The molecule has 1 aromatic rings. The van der Waals surface area contributed by atoms with Gasteiger partial charge in [0.05, 0.1) is 0 Å². The zero-order valence-electron chi connectivity index (χ0n) is 12.1. The van der Waals surface area contributed by atoms with E-state index in [1.807, 2.05) is 20.9 Å². The first-order chi connectivity index (χ1) is 8.69. The number of hydrogen-bond acceptors (Lipinski definition) is 2. The zero-order chi connectivity index (χ0) is 13.6. The minimum atomic E-state index is 0.0280. The number of nitrogens with two attached hydrogens (primary N) is 1. The second-order valence-electron chi connectivity index (χ2n) is 4.82. The number of benzene rings is 1. The Bertz CT molecular complexity index is 410. The average molecular weight is 246 g/mol. The van der Waals surface area contributed by atoms with Crippen molar-refractivity contribution in [2.24, 2.45) is 5.73 Å². The summed E-state index contributed by atoms with van der Waals surface area (Å²) in [6.45, 7) is 7.78. The van der Waals surface area contributed by atoms with Crippen molar-refractivity contribution in [1.82, 2.24) is 5.32 Å². The fraction of sp³-hybridized carbons (Fsp3) is 0.500. The van der Waals surface area contributed by atoms with Crippen LogP contribution in [0, 0.1) is 0 Å². The van der Waals surface area contributed by atoms with Crippen LogP contribution in [0.25, 0.3) is 6.08 Å². The molecule has 2 nitrogen and oxygen atoms in total. The van der Waals surface area contributed by atoms with E-state index in [0.29, 0.717) is 6.54 Å². The van der Waals surface area contributed by atoms with Gasteiger partial charge < -0.3 is 11.1 Å². The third-order valence-electron chi connectivity index (χ3n) is 3.50. The second kappa shape index (κ2) is 6.72. The van der Waals surface area contributed by atoms with Crippen molar-refractivity contribution in [3.63, 3.8) is 0 Å². The van der Waals surface area contributed by atoms with Gasteiger partial charge in [-0.05, 0) is 30.2 Å². The summed E-state index contributed by atoms with van der Waals surface area (Å²) in [4.78, 5) is 0. The second-order valence-corrected chi connectivity index (χ2v) is 4.82. The zero-order valence-corrected chi connectivity index (χ0v) is 12.1. The van der Waals surface area contributed by atoms with E-state index in [1.165, 1.54) is 16.7 Å². The van der Waals surface area contributed by atoms with Gasteiger partial charge in [0.25, 0.3) is 0 Å². The molecule has 0 saturated heterocycles. The summed E-state index contributed by atoms with van der Waals surface area (Å²) >= 11 is 0. The molecule has 0 aliphatic heterocycles. The standard InChI is InChI=1S/C14H20N2.C2H6/c1-14(9-15,10-16-2)13-7-6-11-4-3-5-12(11)8-13;1-2/h3,5-8,16H,4,9-10,15H2,1-2H3;1-2H3. The predicted molar refractivity (Wildman–Crippen MR) is 80.9 cm³/mol. The molecule has 100 valence electrons. The van der Waals surface area contributed by atoms with E-state index in [0.717, 1.165) is 13.0 Å². The molecule has 0 radical (unpaired) electrons. The Kier molecular flexibility index (Phi) is 5.57. The molecule has 0 bridgehead atoms. The van der Waals surface area contributed by atoms with Crippen LogP contribution in [0.5, 0.6) is 0 Å². The predicted octanol–water partition coefficient (Wildman–Crippen LogP) is 2.72. The van der Waals surface area contributed by atoms with Crippen molar-refractivity contribution in [2.75, 3.05) is 20.1 Å². The molecule has 0 fully saturated rings. The van der Waals surface area contributed by atoms with E-state index >= 15 is 0 Å². The van der Waals surface area contributed by atoms with Gasteiger partial charge >= 0.3 is 0 Å². The summed E-state index contributed by atoms with van der Waals surface area (Å²) in [5.41, 5.74) is 10.0. The van der Waals surface area contributed by atoms with E-state index in [1.54, 1.807) is 0 Å². The number of likely N-dealkylation sites (N-methyl/N-ethyl adjacent to an activating group) is 1. The molecule has 1 aliphatic carbocycles. The van der Waals surface area contributed by atoms with Gasteiger partial charge in [0.2, 0.25) is 0 Å². The Morgan fingerprint density at radius 2 is 2.06 bits per heavy atom. The largest absolute Gasteiger partial charge is 0.330 e. The summed E-state index contributed by atoms with van der Waals surface area (Å²) in [7, 11) is 1.97. The minimum absolute atomic E-state index is 0.0280. The van der Waals surface area contributed by atoms with Gasteiger partial charge in [0.1, 0.15) is 0 Å². The molecule has 2 rings (SSSR count). The highest BCUT2D eigenvalue weighted by atomic mass is 14.8. The molecule has 0 spiro atoms. The van der Waals surface area contributed by atoms with E-state index in [2.05, 4.69) is 42.6 Å². The van der Waals surface area contributed by atoms with Crippen LogP contribution in [0.1, 0.15) is 37.5 Å². The van der Waals surface area contributed by atoms with Crippen molar-refractivity contribution in [1.29, 1.82) is 0 Å². The van der Waals surface area contributed by atoms with Crippen LogP contribution in [0.3, 0.4) is 0 Å². The first-order valence-electron chi connectivity index (χ1n) is 6.84. The molecule has 18 heavy (non-hydrogen) atoms. The van der Waals surface area contributed by atoms with E-state index in [9.17, 15) is 0 Å². The lowest BCUT2D eigenvalue weighted by atomic mass is 9.81. The molecule has 2 heteroatoms. The van der Waals surface area contributed by atoms with Gasteiger partial charge in [-0.15, -0.1) is 0 Å². The summed E-state index contributed by atoms with van der Waals surface area (Å²) in [6, 6.07) is 6.73. The summed E-state index contributed by atoms with van der Waals surface area (Å²) in [5.74, 6) is 0. The van der Waals surface area contributed by atoms with Gasteiger partial charge in [0, 0.05) is 18.5 Å². The lowest BCUT2D eigenvalue weighted by molar-refractivity contribution is 0.459. The monoisotopic (exact) mass is 246 g/mol. The van der Waals surface area contributed by atoms with Crippen LogP contribution in [0.4, 0.5) is 0 Å². The molecule has 1 aromatic carbocycles. The lowest BCUT2D eigenvalue weighted by Crippen LogP contribution is -2.40. The number of nitrogens with one attached hydrogen (secondary N) is 1. The smallest absolute Gasteiger partial charge is 0.0172 e. The molecule has 1 atom stereocenters. The van der Waals surface area contributed by atoms with Crippen LogP contribution in [0.2, 0.25) is 0 Å². The first kappa shape index (κ1) is 14.9. The summed E-state index contributed by atoms with van der Waals surface area (Å²) in [5, 5.41) is 3.23. The molecule has 0 aromatic heterocycles. The molecule has 0 amide bonds. The maximum Gasteiger partial charge on any atom is 0.0172 e. The number of fused-ring (bicyclic) bond motifs is 1. The molecular weight excluding hydrogens is 220 g/mol. The third-order valence-corrected chi connectivity index (χ3v) is 3.50. The van der Waals surface area contributed by atoms with Crippen molar-refractivity contribution in [2.45, 2.75) is 32.6 Å². The normalized spacial score (nSPS) is 15.6. The third kappa shape index (κ3) is 3.01. The summed E-state index contributed by atoms with van der Waals surface area (Å²) < 4.78 is 0. The first-order valence-corrected chi connectivity index (χ1v) is 6.84. The molecule has 1 aliphatic rings. The maximum absolute atomic E-state index is 5.91. The topological polar surface area (TPSA) is 38.0 Å². The van der Waals surface area contributed by atoms with Crippen molar-refractivity contribution in [3.8, 4) is 0 Å². The summed E-state index contributed by atoms with van der Waals surface area (Å²) in [6.07, 6.45) is 5.49.